The van der Waals surface area contributed by atoms with Gasteiger partial charge >= 0.3 is 0 Å². The monoisotopic (exact) mass is 506 g/mol. The SMILES string of the molecule is COc1ccccc1OCC1c2ccsc2CCN1C(=O)CN(C(=O)c1ccc(C)cc1)C(C)(C)C. The number of aryl methyl sites for hydroxylation is 1. The number of ether oxygens (including phenoxy) is 2. The molecule has 1 atom stereocenters. The first kappa shape index (κ1) is 25.8. The third kappa shape index (κ3) is 5.57. The van der Waals surface area contributed by atoms with Crippen molar-refractivity contribution in [3.8, 4) is 11.5 Å². The second-order valence-corrected chi connectivity index (χ2v) is 11.0. The summed E-state index contributed by atoms with van der Waals surface area (Å²) < 4.78 is 11.6. The topological polar surface area (TPSA) is 59.1 Å². The normalized spacial score (nSPS) is 15.2. The number of benzene rings is 2. The Morgan fingerprint density at radius 1 is 1.06 bits per heavy atom. The van der Waals surface area contributed by atoms with Crippen molar-refractivity contribution < 1.29 is 19.1 Å². The fourth-order valence-electron chi connectivity index (χ4n) is 4.47. The Morgan fingerprint density at radius 3 is 2.42 bits per heavy atom. The minimum atomic E-state index is -0.523. The molecule has 1 aliphatic rings. The van der Waals surface area contributed by atoms with E-state index in [0.717, 1.165) is 17.5 Å². The number of thiophene rings is 1. The molecule has 190 valence electrons. The van der Waals surface area contributed by atoms with E-state index in [1.165, 1.54) is 4.88 Å². The van der Waals surface area contributed by atoms with Crippen LogP contribution < -0.4 is 9.47 Å². The summed E-state index contributed by atoms with van der Waals surface area (Å²) in [7, 11) is 1.61. The van der Waals surface area contributed by atoms with E-state index in [4.69, 9.17) is 9.47 Å². The number of para-hydroxylation sites is 2. The van der Waals surface area contributed by atoms with Crippen molar-refractivity contribution in [2.45, 2.75) is 45.7 Å². The van der Waals surface area contributed by atoms with Gasteiger partial charge in [-0.1, -0.05) is 29.8 Å². The van der Waals surface area contributed by atoms with Crippen molar-refractivity contribution in [1.82, 2.24) is 9.80 Å². The Balaban J connectivity index is 1.57. The maximum atomic E-state index is 13.8. The van der Waals surface area contributed by atoms with Gasteiger partial charge in [0.2, 0.25) is 5.91 Å². The molecule has 0 N–H and O–H groups in total. The highest BCUT2D eigenvalue weighted by molar-refractivity contribution is 7.10. The molecule has 0 aliphatic carbocycles. The quantitative estimate of drug-likeness (QED) is 0.424. The summed E-state index contributed by atoms with van der Waals surface area (Å²) in [5.74, 6) is 1.06. The summed E-state index contributed by atoms with van der Waals surface area (Å²) in [6.45, 7) is 8.76. The molecule has 2 heterocycles. The van der Waals surface area contributed by atoms with Gasteiger partial charge in [0.05, 0.1) is 13.2 Å². The fourth-order valence-corrected chi connectivity index (χ4v) is 5.40. The minimum absolute atomic E-state index is 0.000832. The van der Waals surface area contributed by atoms with Gasteiger partial charge < -0.3 is 19.3 Å². The molecular weight excluding hydrogens is 472 g/mol. The van der Waals surface area contributed by atoms with E-state index in [1.807, 2.05) is 81.1 Å². The van der Waals surface area contributed by atoms with Gasteiger partial charge in [0.1, 0.15) is 13.2 Å². The highest BCUT2D eigenvalue weighted by Crippen LogP contribution is 2.35. The largest absolute Gasteiger partial charge is 0.493 e. The first-order valence-electron chi connectivity index (χ1n) is 12.2. The van der Waals surface area contributed by atoms with Crippen LogP contribution in [-0.2, 0) is 11.2 Å². The highest BCUT2D eigenvalue weighted by atomic mass is 32.1. The molecule has 0 saturated carbocycles. The van der Waals surface area contributed by atoms with Gasteiger partial charge in [-0.3, -0.25) is 9.59 Å². The smallest absolute Gasteiger partial charge is 0.254 e. The van der Waals surface area contributed by atoms with Crippen LogP contribution in [0.5, 0.6) is 11.5 Å². The lowest BCUT2D eigenvalue weighted by atomic mass is 9.99. The van der Waals surface area contributed by atoms with Crippen LogP contribution in [0.4, 0.5) is 0 Å². The fraction of sp³-hybridized carbons (Fsp3) is 0.379. The standard InChI is InChI=1S/C29H34N2O4S/c1-20-10-12-21(13-11-20)28(33)31(29(2,3)4)18-27(32)30-16-14-26-22(15-17-36-26)23(30)19-35-25-9-7-6-8-24(25)34-5/h6-13,15,17,23H,14,16,18-19H2,1-5H3. The van der Waals surface area contributed by atoms with Gasteiger partial charge in [-0.2, -0.15) is 0 Å². The van der Waals surface area contributed by atoms with Crippen molar-refractivity contribution in [2.24, 2.45) is 0 Å². The molecule has 0 fully saturated rings. The Labute approximate surface area is 217 Å². The molecule has 4 rings (SSSR count). The van der Waals surface area contributed by atoms with Gasteiger partial charge in [-0.05, 0) is 75.4 Å². The zero-order valence-corrected chi connectivity index (χ0v) is 22.4. The van der Waals surface area contributed by atoms with Crippen molar-refractivity contribution in [3.63, 3.8) is 0 Å². The molecule has 1 aliphatic heterocycles. The van der Waals surface area contributed by atoms with Gasteiger partial charge in [-0.25, -0.2) is 0 Å². The molecule has 0 bridgehead atoms. The maximum Gasteiger partial charge on any atom is 0.254 e. The summed E-state index contributed by atoms with van der Waals surface area (Å²) in [4.78, 5) is 32.0. The molecule has 1 unspecified atom stereocenters. The van der Waals surface area contributed by atoms with E-state index < -0.39 is 5.54 Å². The average molecular weight is 507 g/mol. The summed E-state index contributed by atoms with van der Waals surface area (Å²) in [5, 5.41) is 2.07. The average Bonchev–Trinajstić information content (AvgIpc) is 3.34. The Bertz CT molecular complexity index is 1210. The molecule has 0 saturated heterocycles. The first-order valence-corrected chi connectivity index (χ1v) is 13.1. The lowest BCUT2D eigenvalue weighted by Gasteiger charge is -2.40. The molecule has 2 aromatic carbocycles. The number of nitrogens with zero attached hydrogens (tertiary/aromatic N) is 2. The lowest BCUT2D eigenvalue weighted by Crippen LogP contribution is -2.53. The van der Waals surface area contributed by atoms with Crippen LogP contribution in [0.3, 0.4) is 0 Å². The summed E-state index contributed by atoms with van der Waals surface area (Å²) >= 11 is 1.71. The number of methoxy groups -OCH3 is 1. The molecule has 0 spiro atoms. The van der Waals surface area contributed by atoms with E-state index in [1.54, 1.807) is 23.3 Å². The number of hydrogen-bond donors (Lipinski definition) is 0. The van der Waals surface area contributed by atoms with Gasteiger partial charge in [-0.15, -0.1) is 11.3 Å². The minimum Gasteiger partial charge on any atom is -0.493 e. The number of rotatable bonds is 7. The summed E-state index contributed by atoms with van der Waals surface area (Å²) in [6, 6.07) is 16.8. The predicted octanol–water partition coefficient (Wildman–Crippen LogP) is 5.51. The molecule has 0 radical (unpaired) electrons. The van der Waals surface area contributed by atoms with E-state index >= 15 is 0 Å². The zero-order chi connectivity index (χ0) is 25.9. The van der Waals surface area contributed by atoms with Crippen LogP contribution in [0.2, 0.25) is 0 Å². The number of hydrogen-bond acceptors (Lipinski definition) is 5. The Morgan fingerprint density at radius 2 is 1.75 bits per heavy atom. The molecule has 1 aromatic heterocycles. The van der Waals surface area contributed by atoms with Crippen LogP contribution in [0.1, 0.15) is 53.2 Å². The van der Waals surface area contributed by atoms with Crippen molar-refractivity contribution in [3.05, 3.63) is 81.5 Å². The third-order valence-corrected chi connectivity index (χ3v) is 7.52. The number of fused-ring (bicyclic) bond motifs is 1. The van der Waals surface area contributed by atoms with Gasteiger partial charge in [0, 0.05) is 22.5 Å². The van der Waals surface area contributed by atoms with Crippen LogP contribution >= 0.6 is 11.3 Å². The van der Waals surface area contributed by atoms with Gasteiger partial charge in [0.15, 0.2) is 11.5 Å². The highest BCUT2D eigenvalue weighted by Gasteiger charge is 2.36. The number of amides is 2. The first-order chi connectivity index (χ1) is 17.2. The van der Waals surface area contributed by atoms with E-state index in [-0.39, 0.29) is 24.4 Å². The van der Waals surface area contributed by atoms with Crippen LogP contribution in [0, 0.1) is 6.92 Å². The molecular formula is C29H34N2O4S. The predicted molar refractivity (Wildman–Crippen MR) is 143 cm³/mol. The van der Waals surface area contributed by atoms with Crippen LogP contribution in [0.25, 0.3) is 0 Å². The zero-order valence-electron chi connectivity index (χ0n) is 21.6. The van der Waals surface area contributed by atoms with E-state index in [2.05, 4.69) is 11.4 Å². The van der Waals surface area contributed by atoms with Crippen molar-refractivity contribution in [1.29, 1.82) is 0 Å². The molecule has 6 nitrogen and oxygen atoms in total. The molecule has 7 heteroatoms. The van der Waals surface area contributed by atoms with Gasteiger partial charge in [0.25, 0.3) is 5.91 Å². The summed E-state index contributed by atoms with van der Waals surface area (Å²) in [6.07, 6.45) is 0.797. The van der Waals surface area contributed by atoms with E-state index in [9.17, 15) is 9.59 Å². The Hall–Kier alpha value is -3.32. The van der Waals surface area contributed by atoms with Crippen LogP contribution in [-0.4, -0.2) is 54.0 Å². The van der Waals surface area contributed by atoms with Crippen molar-refractivity contribution >= 4 is 23.2 Å². The maximum absolute atomic E-state index is 13.8. The van der Waals surface area contributed by atoms with Crippen LogP contribution in [0.15, 0.2) is 60.0 Å². The second kappa shape index (κ2) is 10.7. The lowest BCUT2D eigenvalue weighted by molar-refractivity contribution is -0.136. The molecule has 3 aromatic rings. The van der Waals surface area contributed by atoms with Crippen molar-refractivity contribution in [2.75, 3.05) is 26.8 Å². The second-order valence-electron chi connectivity index (χ2n) is 10.0. The van der Waals surface area contributed by atoms with E-state index in [0.29, 0.717) is 30.2 Å². The number of carbonyl (C=O) groups is 2. The molecule has 2 amide bonds. The molecule has 36 heavy (non-hydrogen) atoms. The summed E-state index contributed by atoms with van der Waals surface area (Å²) in [5.41, 5.74) is 2.26. The Kier molecular flexibility index (Phi) is 7.69. The third-order valence-electron chi connectivity index (χ3n) is 6.53. The number of carbonyl (C=O) groups excluding carboxylic acids is 2.